The molecule has 0 aromatic heterocycles. The van der Waals surface area contributed by atoms with Crippen molar-refractivity contribution >= 4 is 33.8 Å². The van der Waals surface area contributed by atoms with Gasteiger partial charge in [0.2, 0.25) is 0 Å². The Morgan fingerprint density at radius 1 is 1.18 bits per heavy atom. The lowest BCUT2D eigenvalue weighted by atomic mass is 10.1. The summed E-state index contributed by atoms with van der Waals surface area (Å²) in [6, 6.07) is 10.2. The van der Waals surface area contributed by atoms with E-state index in [9.17, 15) is 9.90 Å². The summed E-state index contributed by atoms with van der Waals surface area (Å²) in [5, 5.41) is 9.22. The van der Waals surface area contributed by atoms with E-state index in [4.69, 9.17) is 9.47 Å². The molecule has 2 aromatic carbocycles. The number of rotatable bonds is 5. The van der Waals surface area contributed by atoms with Crippen LogP contribution < -0.4 is 9.47 Å². The first-order valence-electron chi connectivity index (χ1n) is 6.34. The summed E-state index contributed by atoms with van der Waals surface area (Å²) < 4.78 is 11.1. The third-order valence-corrected chi connectivity index (χ3v) is 3.47. The van der Waals surface area contributed by atoms with E-state index in [0.717, 1.165) is 5.56 Å². The predicted molar refractivity (Wildman–Crippen MR) is 87.9 cm³/mol. The molecule has 22 heavy (non-hydrogen) atoms. The van der Waals surface area contributed by atoms with Crippen LogP contribution >= 0.6 is 15.9 Å². The maximum atomic E-state index is 11.3. The molecule has 0 saturated heterocycles. The Morgan fingerprint density at radius 3 is 2.59 bits per heavy atom. The molecule has 0 atom stereocenters. The largest absolute Gasteiger partial charge is 0.497 e. The molecular formula is C16H14BrNO4. The van der Waals surface area contributed by atoms with Crippen LogP contribution in [0.25, 0.3) is 0 Å². The lowest BCUT2D eigenvalue weighted by molar-refractivity contribution is 0.0698. The lowest BCUT2D eigenvalue weighted by Crippen LogP contribution is -1.97. The van der Waals surface area contributed by atoms with Crippen LogP contribution in [-0.4, -0.2) is 31.5 Å². The zero-order chi connectivity index (χ0) is 16.1. The minimum absolute atomic E-state index is 0.123. The summed E-state index contributed by atoms with van der Waals surface area (Å²) in [6.07, 6.45) is 1.56. The quantitative estimate of drug-likeness (QED) is 0.817. The van der Waals surface area contributed by atoms with Gasteiger partial charge in [0.25, 0.3) is 0 Å². The maximum absolute atomic E-state index is 11.3. The molecule has 0 aliphatic heterocycles. The number of carboxylic acid groups (broad SMARTS) is 1. The van der Waals surface area contributed by atoms with Gasteiger partial charge in [-0.25, -0.2) is 4.79 Å². The monoisotopic (exact) mass is 363 g/mol. The lowest BCUT2D eigenvalue weighted by Gasteiger charge is -2.07. The first-order valence-corrected chi connectivity index (χ1v) is 7.13. The van der Waals surface area contributed by atoms with E-state index in [1.54, 1.807) is 50.8 Å². The van der Waals surface area contributed by atoms with Crippen molar-refractivity contribution in [1.82, 2.24) is 0 Å². The third kappa shape index (κ3) is 3.65. The molecule has 0 amide bonds. The van der Waals surface area contributed by atoms with E-state index in [0.29, 0.717) is 21.7 Å². The van der Waals surface area contributed by atoms with Crippen LogP contribution in [0.2, 0.25) is 0 Å². The summed E-state index contributed by atoms with van der Waals surface area (Å²) in [5.41, 5.74) is 1.22. The second-order valence-corrected chi connectivity index (χ2v) is 5.25. The van der Waals surface area contributed by atoms with Crippen LogP contribution in [0.3, 0.4) is 0 Å². The minimum atomic E-state index is -1.03. The van der Waals surface area contributed by atoms with E-state index < -0.39 is 5.97 Å². The molecule has 1 N–H and O–H groups in total. The van der Waals surface area contributed by atoms with Gasteiger partial charge in [-0.05, 0) is 30.3 Å². The Kier molecular flexibility index (Phi) is 5.16. The van der Waals surface area contributed by atoms with Crippen molar-refractivity contribution in [1.29, 1.82) is 0 Å². The van der Waals surface area contributed by atoms with Gasteiger partial charge in [-0.2, -0.15) is 0 Å². The highest BCUT2D eigenvalue weighted by Gasteiger charge is 2.10. The molecule has 0 radical (unpaired) electrons. The molecule has 0 heterocycles. The van der Waals surface area contributed by atoms with Gasteiger partial charge < -0.3 is 14.6 Å². The summed E-state index contributed by atoms with van der Waals surface area (Å²) in [4.78, 5) is 15.5. The molecule has 0 spiro atoms. The number of nitrogens with zero attached hydrogens (tertiary/aromatic N) is 1. The third-order valence-electron chi connectivity index (χ3n) is 2.97. The molecule has 5 nitrogen and oxygen atoms in total. The van der Waals surface area contributed by atoms with E-state index in [-0.39, 0.29) is 5.56 Å². The minimum Gasteiger partial charge on any atom is -0.497 e. The van der Waals surface area contributed by atoms with Gasteiger partial charge in [0.15, 0.2) is 0 Å². The zero-order valence-electron chi connectivity index (χ0n) is 12.0. The summed E-state index contributed by atoms with van der Waals surface area (Å²) in [6.45, 7) is 0. The molecule has 0 aliphatic carbocycles. The fourth-order valence-corrected chi connectivity index (χ4v) is 2.22. The summed E-state index contributed by atoms with van der Waals surface area (Å²) in [5.74, 6) is 0.232. The van der Waals surface area contributed by atoms with Gasteiger partial charge in [-0.15, -0.1) is 0 Å². The molecule has 0 fully saturated rings. The van der Waals surface area contributed by atoms with Crippen LogP contribution in [0, 0.1) is 0 Å². The van der Waals surface area contributed by atoms with E-state index in [1.165, 1.54) is 6.07 Å². The average Bonchev–Trinajstić information content (AvgIpc) is 2.53. The van der Waals surface area contributed by atoms with Gasteiger partial charge in [0, 0.05) is 22.3 Å². The van der Waals surface area contributed by atoms with Crippen molar-refractivity contribution < 1.29 is 19.4 Å². The van der Waals surface area contributed by atoms with Crippen molar-refractivity contribution in [2.75, 3.05) is 14.2 Å². The standard InChI is InChI=1S/C16H14BrNO4/c1-21-12-5-3-10(15(8-12)22-2)9-18-14-6-4-11(17)7-13(14)16(19)20/h3-9H,1-2H3,(H,19,20). The Bertz CT molecular complexity index is 728. The zero-order valence-corrected chi connectivity index (χ0v) is 13.6. The van der Waals surface area contributed by atoms with Crippen molar-refractivity contribution in [2.45, 2.75) is 0 Å². The number of carbonyl (C=O) groups is 1. The molecule has 2 rings (SSSR count). The number of aliphatic imine (C=N–C) groups is 1. The number of halogens is 1. The van der Waals surface area contributed by atoms with Gasteiger partial charge in [0.1, 0.15) is 11.5 Å². The van der Waals surface area contributed by atoms with E-state index >= 15 is 0 Å². The highest BCUT2D eigenvalue weighted by Crippen LogP contribution is 2.26. The van der Waals surface area contributed by atoms with Crippen LogP contribution in [-0.2, 0) is 0 Å². The van der Waals surface area contributed by atoms with Crippen LogP contribution in [0.5, 0.6) is 11.5 Å². The van der Waals surface area contributed by atoms with Gasteiger partial charge >= 0.3 is 5.97 Å². The van der Waals surface area contributed by atoms with Crippen molar-refractivity contribution in [3.8, 4) is 11.5 Å². The van der Waals surface area contributed by atoms with Crippen LogP contribution in [0.1, 0.15) is 15.9 Å². The number of hydrogen-bond donors (Lipinski definition) is 1. The van der Waals surface area contributed by atoms with Crippen LogP contribution in [0.15, 0.2) is 45.9 Å². The van der Waals surface area contributed by atoms with E-state index in [1.807, 2.05) is 0 Å². The van der Waals surface area contributed by atoms with Gasteiger partial charge in [-0.3, -0.25) is 4.99 Å². The molecule has 0 saturated carbocycles. The summed E-state index contributed by atoms with van der Waals surface area (Å²) >= 11 is 3.25. The van der Waals surface area contributed by atoms with Crippen LogP contribution in [0.4, 0.5) is 5.69 Å². The number of benzene rings is 2. The predicted octanol–water partition coefficient (Wildman–Crippen LogP) is 3.92. The number of methoxy groups -OCH3 is 2. The number of carboxylic acids is 1. The Hall–Kier alpha value is -2.34. The fourth-order valence-electron chi connectivity index (χ4n) is 1.86. The molecule has 0 unspecified atom stereocenters. The average molecular weight is 364 g/mol. The first kappa shape index (κ1) is 16.0. The topological polar surface area (TPSA) is 68.1 Å². The molecule has 6 heteroatoms. The number of hydrogen-bond acceptors (Lipinski definition) is 4. The molecule has 0 bridgehead atoms. The second-order valence-electron chi connectivity index (χ2n) is 4.33. The smallest absolute Gasteiger partial charge is 0.337 e. The Labute approximate surface area is 136 Å². The van der Waals surface area contributed by atoms with Crippen molar-refractivity contribution in [3.05, 3.63) is 52.0 Å². The Balaban J connectivity index is 2.39. The maximum Gasteiger partial charge on any atom is 0.337 e. The van der Waals surface area contributed by atoms with Gasteiger partial charge in [-0.1, -0.05) is 15.9 Å². The Morgan fingerprint density at radius 2 is 1.95 bits per heavy atom. The highest BCUT2D eigenvalue weighted by atomic mass is 79.9. The molecule has 114 valence electrons. The first-order chi connectivity index (χ1) is 10.5. The fraction of sp³-hybridized carbons (Fsp3) is 0.125. The summed E-state index contributed by atoms with van der Waals surface area (Å²) in [7, 11) is 3.12. The highest BCUT2D eigenvalue weighted by molar-refractivity contribution is 9.10. The van der Waals surface area contributed by atoms with Gasteiger partial charge in [0.05, 0.1) is 25.5 Å². The van der Waals surface area contributed by atoms with Crippen molar-refractivity contribution in [2.24, 2.45) is 4.99 Å². The number of aromatic carboxylic acids is 1. The van der Waals surface area contributed by atoms with Crippen molar-refractivity contribution in [3.63, 3.8) is 0 Å². The number of ether oxygens (including phenoxy) is 2. The normalized spacial score (nSPS) is 10.7. The molecule has 2 aromatic rings. The molecular weight excluding hydrogens is 350 g/mol. The SMILES string of the molecule is COc1ccc(C=Nc2ccc(Br)cc2C(=O)O)c(OC)c1. The second kappa shape index (κ2) is 7.09. The van der Waals surface area contributed by atoms with E-state index in [2.05, 4.69) is 20.9 Å². The molecule has 0 aliphatic rings.